The van der Waals surface area contributed by atoms with Crippen molar-refractivity contribution in [3.05, 3.63) is 22.5 Å². The molecule has 0 amide bonds. The van der Waals surface area contributed by atoms with Gasteiger partial charge in [-0.2, -0.15) is 0 Å². The maximum Gasteiger partial charge on any atom is 0.0568 e. The SMILES string of the molecule is Cc1c(C)c2n(c1C)C(C)(C)C(C)(C)N(C(C)C)C2(C)C. The number of nitrogens with zero attached hydrogens (tertiary/aromatic N) is 2. The van der Waals surface area contributed by atoms with Crippen LogP contribution in [0, 0.1) is 20.8 Å². The molecule has 21 heavy (non-hydrogen) atoms. The third-order valence-corrected chi connectivity index (χ3v) is 6.38. The molecule has 0 bridgehead atoms. The van der Waals surface area contributed by atoms with Gasteiger partial charge in [-0.25, -0.2) is 0 Å². The van der Waals surface area contributed by atoms with Crippen molar-refractivity contribution in [3.63, 3.8) is 0 Å². The molecule has 120 valence electrons. The molecule has 0 atom stereocenters. The zero-order chi connectivity index (χ0) is 16.5. The Bertz CT molecular complexity index is 571. The summed E-state index contributed by atoms with van der Waals surface area (Å²) in [6.45, 7) is 25.9. The second-order valence-corrected chi connectivity index (χ2v) is 8.66. The third kappa shape index (κ3) is 1.81. The Morgan fingerprint density at radius 2 is 1.24 bits per heavy atom. The van der Waals surface area contributed by atoms with Crippen LogP contribution in [0.15, 0.2) is 0 Å². The van der Waals surface area contributed by atoms with Crippen molar-refractivity contribution in [3.8, 4) is 0 Å². The average Bonchev–Trinajstić information content (AvgIpc) is 2.51. The molecule has 1 aromatic rings. The third-order valence-electron chi connectivity index (χ3n) is 6.38. The van der Waals surface area contributed by atoms with E-state index in [2.05, 4.69) is 85.6 Å². The van der Waals surface area contributed by atoms with E-state index in [1.54, 1.807) is 0 Å². The Kier molecular flexibility index (Phi) is 3.46. The minimum Gasteiger partial charge on any atom is -0.339 e. The van der Waals surface area contributed by atoms with Crippen LogP contribution in [0.2, 0.25) is 0 Å². The van der Waals surface area contributed by atoms with Crippen LogP contribution in [0.3, 0.4) is 0 Å². The molecular weight excluding hydrogens is 256 g/mol. The van der Waals surface area contributed by atoms with E-state index in [1.165, 1.54) is 22.5 Å². The van der Waals surface area contributed by atoms with Crippen molar-refractivity contribution in [1.82, 2.24) is 9.47 Å². The summed E-state index contributed by atoms with van der Waals surface area (Å²) in [5, 5.41) is 0. The van der Waals surface area contributed by atoms with Gasteiger partial charge in [0.15, 0.2) is 0 Å². The first kappa shape index (κ1) is 16.6. The van der Waals surface area contributed by atoms with Crippen molar-refractivity contribution >= 4 is 0 Å². The van der Waals surface area contributed by atoms with Gasteiger partial charge in [0.25, 0.3) is 0 Å². The van der Waals surface area contributed by atoms with Crippen molar-refractivity contribution in [1.29, 1.82) is 0 Å². The summed E-state index contributed by atoms with van der Waals surface area (Å²) < 4.78 is 2.62. The molecule has 0 N–H and O–H groups in total. The van der Waals surface area contributed by atoms with Gasteiger partial charge in [-0.1, -0.05) is 0 Å². The Morgan fingerprint density at radius 1 is 0.762 bits per heavy atom. The van der Waals surface area contributed by atoms with Crippen LogP contribution < -0.4 is 0 Å². The molecule has 0 saturated carbocycles. The van der Waals surface area contributed by atoms with Crippen molar-refractivity contribution in [2.24, 2.45) is 0 Å². The first-order valence-electron chi connectivity index (χ1n) is 8.28. The minimum atomic E-state index is 0.0380. The molecule has 1 aliphatic heterocycles. The Balaban J connectivity index is 2.93. The molecule has 1 aliphatic rings. The Morgan fingerprint density at radius 3 is 1.67 bits per heavy atom. The van der Waals surface area contributed by atoms with E-state index < -0.39 is 0 Å². The fraction of sp³-hybridized carbons (Fsp3) is 0.789. The van der Waals surface area contributed by atoms with Gasteiger partial charge in [-0.3, -0.25) is 4.90 Å². The van der Waals surface area contributed by atoms with Gasteiger partial charge >= 0.3 is 0 Å². The van der Waals surface area contributed by atoms with Crippen LogP contribution in [-0.2, 0) is 11.1 Å². The summed E-state index contributed by atoms with van der Waals surface area (Å²) in [4.78, 5) is 2.71. The molecule has 2 nitrogen and oxygen atoms in total. The summed E-state index contributed by atoms with van der Waals surface area (Å²) in [5.41, 5.74) is 6.02. The van der Waals surface area contributed by atoms with Crippen LogP contribution in [-0.4, -0.2) is 21.0 Å². The first-order chi connectivity index (χ1) is 9.29. The molecule has 0 unspecified atom stereocenters. The van der Waals surface area contributed by atoms with Gasteiger partial charge in [-0.15, -0.1) is 0 Å². The van der Waals surface area contributed by atoms with Gasteiger partial charge in [0.05, 0.1) is 11.1 Å². The molecule has 2 heteroatoms. The van der Waals surface area contributed by atoms with Crippen LogP contribution in [0.1, 0.15) is 77.9 Å². The van der Waals surface area contributed by atoms with Gasteiger partial charge in [0, 0.05) is 23.0 Å². The smallest absolute Gasteiger partial charge is 0.0568 e. The largest absolute Gasteiger partial charge is 0.339 e. The standard InChI is InChI=1S/C19H34N2/c1-12(2)21-17(6,7)16-14(4)13(3)15(5)20(16)18(8,9)19(21,10)11/h12H,1-11H3. The van der Waals surface area contributed by atoms with Gasteiger partial charge in [0.2, 0.25) is 0 Å². The van der Waals surface area contributed by atoms with Crippen LogP contribution in [0.4, 0.5) is 0 Å². The van der Waals surface area contributed by atoms with Crippen molar-refractivity contribution in [2.75, 3.05) is 0 Å². The highest BCUT2D eigenvalue weighted by atomic mass is 15.4. The molecule has 2 rings (SSSR count). The van der Waals surface area contributed by atoms with Crippen molar-refractivity contribution < 1.29 is 0 Å². The number of hydrogen-bond acceptors (Lipinski definition) is 1. The molecule has 0 fully saturated rings. The Hall–Kier alpha value is -0.760. The van der Waals surface area contributed by atoms with Gasteiger partial charge < -0.3 is 4.57 Å². The first-order valence-corrected chi connectivity index (χ1v) is 8.28. The Labute approximate surface area is 131 Å². The van der Waals surface area contributed by atoms with Crippen LogP contribution in [0.25, 0.3) is 0 Å². The van der Waals surface area contributed by atoms with E-state index in [1.807, 2.05) is 0 Å². The highest BCUT2D eigenvalue weighted by Crippen LogP contribution is 2.52. The lowest BCUT2D eigenvalue weighted by Crippen LogP contribution is -2.70. The van der Waals surface area contributed by atoms with Crippen LogP contribution in [0.5, 0.6) is 0 Å². The summed E-state index contributed by atoms with van der Waals surface area (Å²) in [5.74, 6) is 0. The number of rotatable bonds is 1. The predicted molar refractivity (Wildman–Crippen MR) is 92.0 cm³/mol. The molecule has 0 aromatic carbocycles. The zero-order valence-corrected chi connectivity index (χ0v) is 16.0. The number of aromatic nitrogens is 1. The predicted octanol–water partition coefficient (Wildman–Crippen LogP) is 4.89. The summed E-state index contributed by atoms with van der Waals surface area (Å²) in [6.07, 6.45) is 0. The second kappa shape index (κ2) is 4.38. The fourth-order valence-electron chi connectivity index (χ4n) is 5.06. The second-order valence-electron chi connectivity index (χ2n) is 8.66. The topological polar surface area (TPSA) is 8.17 Å². The van der Waals surface area contributed by atoms with E-state index in [-0.39, 0.29) is 16.6 Å². The number of hydrogen-bond donors (Lipinski definition) is 0. The minimum absolute atomic E-state index is 0.0380. The highest BCUT2D eigenvalue weighted by molar-refractivity contribution is 5.43. The lowest BCUT2D eigenvalue weighted by molar-refractivity contribution is -0.105. The summed E-state index contributed by atoms with van der Waals surface area (Å²) in [6, 6.07) is 0.512. The van der Waals surface area contributed by atoms with E-state index >= 15 is 0 Å². The molecule has 0 spiro atoms. The molecule has 0 aliphatic carbocycles. The molecular formula is C19H34N2. The van der Waals surface area contributed by atoms with E-state index in [9.17, 15) is 0 Å². The zero-order valence-electron chi connectivity index (χ0n) is 16.0. The number of fused-ring (bicyclic) bond motifs is 1. The maximum atomic E-state index is 2.71. The molecule has 1 aromatic heterocycles. The lowest BCUT2D eigenvalue weighted by Gasteiger charge is -2.63. The lowest BCUT2D eigenvalue weighted by atomic mass is 9.72. The summed E-state index contributed by atoms with van der Waals surface area (Å²) >= 11 is 0. The fourth-order valence-corrected chi connectivity index (χ4v) is 5.06. The van der Waals surface area contributed by atoms with Gasteiger partial charge in [-0.05, 0) is 87.3 Å². The molecule has 0 radical (unpaired) electrons. The van der Waals surface area contributed by atoms with Crippen LogP contribution >= 0.6 is 0 Å². The van der Waals surface area contributed by atoms with E-state index in [0.717, 1.165) is 0 Å². The monoisotopic (exact) mass is 290 g/mol. The quantitative estimate of drug-likeness (QED) is 0.715. The van der Waals surface area contributed by atoms with E-state index in [0.29, 0.717) is 6.04 Å². The van der Waals surface area contributed by atoms with E-state index in [4.69, 9.17) is 0 Å². The summed E-state index contributed by atoms with van der Waals surface area (Å²) in [7, 11) is 0. The molecule has 2 heterocycles. The highest BCUT2D eigenvalue weighted by Gasteiger charge is 2.56. The van der Waals surface area contributed by atoms with Crippen molar-refractivity contribution in [2.45, 2.75) is 98.8 Å². The van der Waals surface area contributed by atoms with Gasteiger partial charge in [0.1, 0.15) is 0 Å². The normalized spacial score (nSPS) is 23.4. The maximum absolute atomic E-state index is 2.71. The average molecular weight is 290 g/mol. The molecule has 0 saturated heterocycles.